The summed E-state index contributed by atoms with van der Waals surface area (Å²) in [6, 6.07) is 6.05. The van der Waals surface area contributed by atoms with Gasteiger partial charge in [0.2, 0.25) is 0 Å². The van der Waals surface area contributed by atoms with Crippen molar-refractivity contribution in [2.45, 2.75) is 20.0 Å². The van der Waals surface area contributed by atoms with Gasteiger partial charge in [0.15, 0.2) is 0 Å². The normalized spacial score (nSPS) is 19.1. The van der Waals surface area contributed by atoms with Crippen LogP contribution in [-0.2, 0) is 24.9 Å². The molecule has 2 bridgehead atoms. The van der Waals surface area contributed by atoms with Crippen LogP contribution in [0.15, 0.2) is 24.4 Å². The van der Waals surface area contributed by atoms with E-state index in [1.165, 1.54) is 5.56 Å². The number of nitrogens with zero attached hydrogens (tertiary/aromatic N) is 5. The maximum absolute atomic E-state index is 12.8. The number of rotatable bonds is 0. The van der Waals surface area contributed by atoms with E-state index in [2.05, 4.69) is 45.4 Å². The van der Waals surface area contributed by atoms with Crippen LogP contribution in [0.25, 0.3) is 22.9 Å². The van der Waals surface area contributed by atoms with Crippen LogP contribution in [0.5, 0.6) is 0 Å². The highest BCUT2D eigenvalue weighted by atomic mass is 16.2. The van der Waals surface area contributed by atoms with Gasteiger partial charge < -0.3 is 15.2 Å². The van der Waals surface area contributed by atoms with E-state index >= 15 is 0 Å². The first-order valence-electron chi connectivity index (χ1n) is 10.5. The van der Waals surface area contributed by atoms with Crippen molar-refractivity contribution in [1.29, 1.82) is 0 Å². The number of likely N-dealkylation sites (N-methyl/N-ethyl adjacent to an activating group) is 2. The Hall–Kier alpha value is -3.23. The number of hydrogen-bond acceptors (Lipinski definition) is 5. The second kappa shape index (κ2) is 7.47. The van der Waals surface area contributed by atoms with Crippen LogP contribution < -0.4 is 5.32 Å². The minimum atomic E-state index is -0.123. The summed E-state index contributed by atoms with van der Waals surface area (Å²) < 4.78 is 1.91. The van der Waals surface area contributed by atoms with Crippen LogP contribution in [0.1, 0.15) is 28.3 Å². The van der Waals surface area contributed by atoms with E-state index < -0.39 is 0 Å². The molecule has 0 spiro atoms. The largest absolute Gasteiger partial charge is 0.359 e. The first-order valence-corrected chi connectivity index (χ1v) is 10.5. The van der Waals surface area contributed by atoms with Crippen LogP contribution in [-0.4, -0.2) is 62.6 Å². The average molecular weight is 418 g/mol. The number of aromatic amines is 1. The molecule has 3 aromatic heterocycles. The number of carbonyl (C=O) groups excluding carboxylic acids is 1. The van der Waals surface area contributed by atoms with Crippen LogP contribution in [0.4, 0.5) is 5.69 Å². The average Bonchev–Trinajstić information content (AvgIpc) is 3.36. The number of aromatic nitrogens is 4. The summed E-state index contributed by atoms with van der Waals surface area (Å²) in [5.74, 6) is -0.123. The van der Waals surface area contributed by atoms with Gasteiger partial charge in [-0.1, -0.05) is 0 Å². The van der Waals surface area contributed by atoms with E-state index in [1.54, 1.807) is 0 Å². The van der Waals surface area contributed by atoms with Gasteiger partial charge in [0.1, 0.15) is 5.69 Å². The van der Waals surface area contributed by atoms with E-state index in [4.69, 9.17) is 4.98 Å². The third-order valence-corrected chi connectivity index (χ3v) is 6.06. The zero-order chi connectivity index (χ0) is 21.7. The van der Waals surface area contributed by atoms with Crippen molar-refractivity contribution in [2.75, 3.05) is 32.5 Å². The topological polar surface area (TPSA) is 82.1 Å². The first-order chi connectivity index (χ1) is 14.9. The first kappa shape index (κ1) is 19.7. The van der Waals surface area contributed by atoms with Crippen LogP contribution in [0, 0.1) is 6.92 Å². The SMILES string of the molecule is Cc1cc2c([nH]1)/C=C1\C(=O)Nc3ccc(nc31)-c1cnn(C)c1CN(C)CCN(C)C2. The second-order valence-electron chi connectivity index (χ2n) is 8.60. The number of anilines is 1. The van der Waals surface area contributed by atoms with Gasteiger partial charge in [0.05, 0.1) is 28.8 Å². The molecule has 31 heavy (non-hydrogen) atoms. The van der Waals surface area contributed by atoms with Crippen LogP contribution in [0.2, 0.25) is 0 Å². The van der Waals surface area contributed by atoms with Gasteiger partial charge in [0, 0.05) is 50.2 Å². The fourth-order valence-electron chi connectivity index (χ4n) is 4.33. The van der Waals surface area contributed by atoms with Crippen molar-refractivity contribution in [3.05, 3.63) is 52.7 Å². The Morgan fingerprint density at radius 3 is 2.65 bits per heavy atom. The molecule has 2 aliphatic heterocycles. The molecule has 0 radical (unpaired) electrons. The maximum atomic E-state index is 12.8. The van der Waals surface area contributed by atoms with Gasteiger partial charge >= 0.3 is 0 Å². The molecule has 8 heteroatoms. The van der Waals surface area contributed by atoms with Gasteiger partial charge in [0.25, 0.3) is 5.91 Å². The summed E-state index contributed by atoms with van der Waals surface area (Å²) in [6.07, 6.45) is 3.80. The van der Waals surface area contributed by atoms with E-state index in [0.717, 1.165) is 60.2 Å². The molecule has 0 atom stereocenters. The molecule has 0 fully saturated rings. The number of H-pyrrole nitrogens is 1. The Bertz CT molecular complexity index is 1200. The lowest BCUT2D eigenvalue weighted by molar-refractivity contribution is -0.110. The summed E-state index contributed by atoms with van der Waals surface area (Å²) in [4.78, 5) is 25.7. The molecule has 8 nitrogen and oxygen atoms in total. The molecule has 0 unspecified atom stereocenters. The number of aryl methyl sites for hydroxylation is 2. The number of fused-ring (bicyclic) bond motifs is 4. The van der Waals surface area contributed by atoms with E-state index in [0.29, 0.717) is 11.3 Å². The predicted octanol–water partition coefficient (Wildman–Crippen LogP) is 2.49. The fraction of sp³-hybridized carbons (Fsp3) is 0.348. The standard InChI is InChI=1S/C23H27N7O/c1-14-9-15-12-28(2)7-8-29(3)13-21-17(11-24-30(21)4)18-5-6-19-22(26-18)16(23(31)27-19)10-20(15)25-14/h5-6,9-11,25H,7-8,12-13H2,1-4H3,(H,27,31)/b16-10-. The highest BCUT2D eigenvalue weighted by Crippen LogP contribution is 2.35. The number of pyridine rings is 1. The minimum Gasteiger partial charge on any atom is -0.359 e. The molecule has 2 aliphatic rings. The van der Waals surface area contributed by atoms with Crippen molar-refractivity contribution in [3.8, 4) is 11.3 Å². The third-order valence-electron chi connectivity index (χ3n) is 6.06. The lowest BCUT2D eigenvalue weighted by atomic mass is 10.1. The maximum Gasteiger partial charge on any atom is 0.258 e. The summed E-state index contributed by atoms with van der Waals surface area (Å²) >= 11 is 0. The molecule has 160 valence electrons. The van der Waals surface area contributed by atoms with Crippen molar-refractivity contribution >= 4 is 23.2 Å². The zero-order valence-electron chi connectivity index (χ0n) is 18.4. The summed E-state index contributed by atoms with van der Waals surface area (Å²) in [5.41, 5.74) is 8.16. The quantitative estimate of drug-likeness (QED) is 0.587. The van der Waals surface area contributed by atoms with Gasteiger partial charge in [-0.05, 0) is 50.9 Å². The Morgan fingerprint density at radius 1 is 1.06 bits per heavy atom. The molecular formula is C23H27N7O. The fourth-order valence-corrected chi connectivity index (χ4v) is 4.33. The lowest BCUT2D eigenvalue weighted by Crippen LogP contribution is -2.31. The van der Waals surface area contributed by atoms with E-state index in [1.807, 2.05) is 43.1 Å². The minimum absolute atomic E-state index is 0.123. The monoisotopic (exact) mass is 417 g/mol. The summed E-state index contributed by atoms with van der Waals surface area (Å²) in [5, 5.41) is 7.44. The highest BCUT2D eigenvalue weighted by Gasteiger charge is 2.28. The predicted molar refractivity (Wildman–Crippen MR) is 121 cm³/mol. The van der Waals surface area contributed by atoms with Gasteiger partial charge in [-0.25, -0.2) is 4.98 Å². The summed E-state index contributed by atoms with van der Waals surface area (Å²) in [6.45, 7) is 5.48. The molecule has 0 aliphatic carbocycles. The summed E-state index contributed by atoms with van der Waals surface area (Å²) in [7, 11) is 6.23. The van der Waals surface area contributed by atoms with Gasteiger partial charge in [-0.3, -0.25) is 14.4 Å². The Morgan fingerprint density at radius 2 is 1.84 bits per heavy atom. The van der Waals surface area contributed by atoms with Crippen LogP contribution in [0.3, 0.4) is 0 Å². The Labute approximate surface area is 181 Å². The van der Waals surface area contributed by atoms with Crippen LogP contribution >= 0.6 is 0 Å². The van der Waals surface area contributed by atoms with Crippen molar-refractivity contribution < 1.29 is 4.79 Å². The molecule has 2 N–H and O–H groups in total. The van der Waals surface area contributed by atoms with Crippen molar-refractivity contribution in [2.24, 2.45) is 7.05 Å². The number of nitrogens with one attached hydrogen (secondary N) is 2. The van der Waals surface area contributed by atoms with Crippen molar-refractivity contribution in [1.82, 2.24) is 29.5 Å². The number of amides is 1. The highest BCUT2D eigenvalue weighted by molar-refractivity contribution is 6.34. The number of carbonyl (C=O) groups is 1. The van der Waals surface area contributed by atoms with Gasteiger partial charge in [-0.15, -0.1) is 0 Å². The molecule has 0 aromatic carbocycles. The smallest absolute Gasteiger partial charge is 0.258 e. The Balaban J connectivity index is 1.69. The van der Waals surface area contributed by atoms with Crippen molar-refractivity contribution in [3.63, 3.8) is 0 Å². The molecule has 0 saturated heterocycles. The molecule has 5 heterocycles. The third kappa shape index (κ3) is 3.58. The lowest BCUT2D eigenvalue weighted by Gasteiger charge is -2.22. The molecular weight excluding hydrogens is 390 g/mol. The van der Waals surface area contributed by atoms with E-state index in [-0.39, 0.29) is 5.91 Å². The molecule has 0 saturated carbocycles. The molecule has 3 aromatic rings. The second-order valence-corrected chi connectivity index (χ2v) is 8.60. The zero-order valence-corrected chi connectivity index (χ0v) is 18.4. The molecule has 1 amide bonds. The van der Waals surface area contributed by atoms with Gasteiger partial charge in [-0.2, -0.15) is 5.10 Å². The Kier molecular flexibility index (Phi) is 4.75. The van der Waals surface area contributed by atoms with E-state index in [9.17, 15) is 4.79 Å². The molecule has 5 rings (SSSR count). The number of hydrogen-bond donors (Lipinski definition) is 2.